The lowest BCUT2D eigenvalue weighted by molar-refractivity contribution is -0.198. The Morgan fingerprint density at radius 3 is 2.64 bits per heavy atom. The Hall–Kier alpha value is -2.25. The smallest absolute Gasteiger partial charge is 0.331 e. The Kier molecular flexibility index (Phi) is 12.4. The lowest BCUT2D eigenvalue weighted by Crippen LogP contribution is -2.55. The second-order valence-corrected chi connectivity index (χ2v) is 11.5. The number of hydrogen-bond acceptors (Lipinski definition) is 6. The molecule has 2 N–H and O–H groups in total. The molecule has 3 rings (SSSR count). The number of fused-ring (bicyclic) bond motifs is 4. The van der Waals surface area contributed by atoms with Crippen molar-refractivity contribution >= 4 is 5.97 Å². The van der Waals surface area contributed by atoms with Gasteiger partial charge < -0.3 is 24.4 Å². The first-order valence-corrected chi connectivity index (χ1v) is 14.5. The average molecular weight is 541 g/mol. The molecule has 6 nitrogen and oxygen atoms in total. The fourth-order valence-corrected chi connectivity index (χ4v) is 5.55. The third kappa shape index (κ3) is 9.14. The molecule has 216 valence electrons. The third-order valence-electron chi connectivity index (χ3n) is 8.38. The molecule has 3 aliphatic rings. The first-order chi connectivity index (χ1) is 18.8. The Labute approximate surface area is 234 Å². The molecule has 4 bridgehead atoms. The summed E-state index contributed by atoms with van der Waals surface area (Å²) in [5.41, 5.74) is 0.435. The largest absolute Gasteiger partial charge is 0.458 e. The summed E-state index contributed by atoms with van der Waals surface area (Å²) in [5, 5.41) is 19.5. The van der Waals surface area contributed by atoms with Crippen LogP contribution in [0.15, 0.2) is 72.4 Å². The predicted octanol–water partition coefficient (Wildman–Crippen LogP) is 5.78. The highest BCUT2D eigenvalue weighted by Gasteiger charge is 2.48. The molecule has 3 aliphatic heterocycles. The zero-order chi connectivity index (χ0) is 28.3. The van der Waals surface area contributed by atoms with Crippen LogP contribution in [0.5, 0.6) is 0 Å². The molecule has 8 atom stereocenters. The van der Waals surface area contributed by atoms with Crippen molar-refractivity contribution in [3.8, 4) is 0 Å². The monoisotopic (exact) mass is 540 g/mol. The first-order valence-electron chi connectivity index (χ1n) is 14.5. The van der Waals surface area contributed by atoms with Gasteiger partial charge in [-0.1, -0.05) is 87.1 Å². The van der Waals surface area contributed by atoms with Gasteiger partial charge in [0.15, 0.2) is 0 Å². The van der Waals surface area contributed by atoms with E-state index in [1.165, 1.54) is 11.6 Å². The van der Waals surface area contributed by atoms with Crippen LogP contribution in [0.4, 0.5) is 0 Å². The summed E-state index contributed by atoms with van der Waals surface area (Å²) < 4.78 is 18.8. The Morgan fingerprint density at radius 1 is 1.05 bits per heavy atom. The molecule has 0 aliphatic carbocycles. The average Bonchev–Trinajstić information content (AvgIpc) is 2.90. The van der Waals surface area contributed by atoms with E-state index in [9.17, 15) is 9.90 Å². The summed E-state index contributed by atoms with van der Waals surface area (Å²) in [6.45, 7) is 8.50. The van der Waals surface area contributed by atoms with Gasteiger partial charge in [0.2, 0.25) is 0 Å². The second kappa shape index (κ2) is 15.5. The molecule has 2 saturated heterocycles. The van der Waals surface area contributed by atoms with E-state index in [0.29, 0.717) is 31.1 Å². The van der Waals surface area contributed by atoms with Crippen molar-refractivity contribution in [1.29, 1.82) is 0 Å². The standard InChI is InChI=1S/C33H48O6/c1-24-14-8-5-9-16-28-22-31(33(4,23-35)30(38-28)17-11-7-13-19-34)39-32(36)18-12-6-10-15-27-21-25(2)26(3)29(20-24)37-27/h6-12,14,16,18,20,25-31,34-35H,5,13,15,17,19,21-23H2,1-4H3/b10-6+,11-7-,14-8+,16-9+,18-12+,24-20-/t25-,26+,27-,28+,29+,30-,31+,33-/m0/s1. The van der Waals surface area contributed by atoms with Gasteiger partial charge >= 0.3 is 5.97 Å². The van der Waals surface area contributed by atoms with Gasteiger partial charge in [-0.3, -0.25) is 0 Å². The third-order valence-corrected chi connectivity index (χ3v) is 8.38. The van der Waals surface area contributed by atoms with Gasteiger partial charge in [-0.05, 0) is 50.9 Å². The lowest BCUT2D eigenvalue weighted by atomic mass is 9.73. The van der Waals surface area contributed by atoms with E-state index in [4.69, 9.17) is 19.3 Å². The van der Waals surface area contributed by atoms with Crippen molar-refractivity contribution in [3.63, 3.8) is 0 Å². The molecule has 0 radical (unpaired) electrons. The maximum absolute atomic E-state index is 12.8. The number of ether oxygens (including phenoxy) is 3. The van der Waals surface area contributed by atoms with Crippen molar-refractivity contribution in [2.24, 2.45) is 17.3 Å². The molecule has 39 heavy (non-hydrogen) atoms. The summed E-state index contributed by atoms with van der Waals surface area (Å²) in [4.78, 5) is 12.8. The number of carbonyl (C=O) groups is 1. The maximum Gasteiger partial charge on any atom is 0.331 e. The van der Waals surface area contributed by atoms with Gasteiger partial charge in [0.05, 0.1) is 36.4 Å². The number of aliphatic hydroxyl groups excluding tert-OH is 2. The van der Waals surface area contributed by atoms with Crippen molar-refractivity contribution in [1.82, 2.24) is 0 Å². The molecular weight excluding hydrogens is 492 g/mol. The Morgan fingerprint density at radius 2 is 1.87 bits per heavy atom. The molecule has 2 fully saturated rings. The minimum atomic E-state index is -0.755. The summed E-state index contributed by atoms with van der Waals surface area (Å²) in [6.07, 6.45) is 24.9. The van der Waals surface area contributed by atoms with Gasteiger partial charge in [0.1, 0.15) is 6.10 Å². The van der Waals surface area contributed by atoms with Gasteiger partial charge in [0.25, 0.3) is 0 Å². The topological polar surface area (TPSA) is 85.2 Å². The van der Waals surface area contributed by atoms with Crippen LogP contribution in [0.25, 0.3) is 0 Å². The van der Waals surface area contributed by atoms with E-state index in [1.54, 1.807) is 6.08 Å². The van der Waals surface area contributed by atoms with Crippen LogP contribution in [0, 0.1) is 17.3 Å². The van der Waals surface area contributed by atoms with Crippen LogP contribution in [-0.2, 0) is 19.0 Å². The van der Waals surface area contributed by atoms with Crippen LogP contribution >= 0.6 is 0 Å². The number of hydrogen-bond donors (Lipinski definition) is 2. The molecule has 0 aromatic carbocycles. The zero-order valence-corrected chi connectivity index (χ0v) is 24.1. The minimum absolute atomic E-state index is 0.0835. The molecule has 0 saturated carbocycles. The van der Waals surface area contributed by atoms with E-state index in [0.717, 1.165) is 19.3 Å². The highest BCUT2D eigenvalue weighted by atomic mass is 16.6. The normalized spacial score (nSPS) is 41.1. The van der Waals surface area contributed by atoms with Crippen molar-refractivity contribution in [2.75, 3.05) is 13.2 Å². The molecule has 6 heteroatoms. The second-order valence-electron chi connectivity index (χ2n) is 11.5. The van der Waals surface area contributed by atoms with Crippen molar-refractivity contribution in [2.45, 2.75) is 96.7 Å². The molecule has 0 aromatic heterocycles. The van der Waals surface area contributed by atoms with Crippen LogP contribution < -0.4 is 0 Å². The number of rotatable bonds is 5. The summed E-state index contributed by atoms with van der Waals surface area (Å²) >= 11 is 0. The van der Waals surface area contributed by atoms with Crippen LogP contribution in [0.3, 0.4) is 0 Å². The zero-order valence-electron chi connectivity index (χ0n) is 24.1. The van der Waals surface area contributed by atoms with Crippen LogP contribution in [0.1, 0.15) is 66.2 Å². The van der Waals surface area contributed by atoms with Gasteiger partial charge in [-0.2, -0.15) is 0 Å². The minimum Gasteiger partial charge on any atom is -0.458 e. The van der Waals surface area contributed by atoms with E-state index in [1.807, 2.05) is 37.3 Å². The number of aliphatic hydroxyl groups is 2. The van der Waals surface area contributed by atoms with E-state index in [2.05, 4.69) is 45.1 Å². The van der Waals surface area contributed by atoms with Gasteiger partial charge in [0, 0.05) is 19.1 Å². The number of esters is 1. The Balaban J connectivity index is 1.84. The maximum atomic E-state index is 12.8. The van der Waals surface area contributed by atoms with Crippen molar-refractivity contribution < 1.29 is 29.2 Å². The number of carbonyl (C=O) groups excluding carboxylic acids is 1. The van der Waals surface area contributed by atoms with E-state index in [-0.39, 0.29) is 37.6 Å². The summed E-state index contributed by atoms with van der Waals surface area (Å²) in [5.74, 6) is 0.585. The lowest BCUT2D eigenvalue weighted by Gasteiger charge is -2.47. The van der Waals surface area contributed by atoms with E-state index >= 15 is 0 Å². The number of allylic oxidation sites excluding steroid dienone is 6. The quantitative estimate of drug-likeness (QED) is 0.340. The van der Waals surface area contributed by atoms with Gasteiger partial charge in [-0.15, -0.1) is 0 Å². The van der Waals surface area contributed by atoms with E-state index < -0.39 is 17.5 Å². The molecule has 0 amide bonds. The molecular formula is C33H48O6. The van der Waals surface area contributed by atoms with Crippen LogP contribution in [-0.4, -0.2) is 59.9 Å². The Bertz CT molecular complexity index is 959. The fourth-order valence-electron chi connectivity index (χ4n) is 5.55. The molecule has 0 spiro atoms. The fraction of sp³-hybridized carbons (Fsp3) is 0.606. The van der Waals surface area contributed by atoms with Crippen LogP contribution in [0.2, 0.25) is 0 Å². The summed E-state index contributed by atoms with van der Waals surface area (Å²) in [7, 11) is 0. The first kappa shape index (κ1) is 31.3. The van der Waals surface area contributed by atoms with Crippen molar-refractivity contribution in [3.05, 3.63) is 72.4 Å². The summed E-state index contributed by atoms with van der Waals surface area (Å²) in [6, 6.07) is 0. The molecule has 3 heterocycles. The SMILES string of the molecule is CC1=C/[C@H]2O[C@@H](C/C=C/C=C/C(=O)O[C@@H]3C[C@@H](/C=C/C\C=C\1)O[C@@H](C/C=C\CCO)[C@]3(C)CO)C[C@H](C)[C@H]2C. The molecule has 0 aromatic rings. The highest BCUT2D eigenvalue weighted by molar-refractivity contribution is 5.82. The van der Waals surface area contributed by atoms with Gasteiger partial charge in [-0.25, -0.2) is 4.79 Å². The highest BCUT2D eigenvalue weighted by Crippen LogP contribution is 2.41. The predicted molar refractivity (Wildman–Crippen MR) is 155 cm³/mol. The molecule has 0 unspecified atom stereocenters.